The van der Waals surface area contributed by atoms with Crippen LogP contribution in [0.5, 0.6) is 11.8 Å². The highest BCUT2D eigenvalue weighted by atomic mass is 35.5. The molecule has 5 rings (SSSR count). The molecule has 8 heteroatoms. The Bertz CT molecular complexity index is 1580. The van der Waals surface area contributed by atoms with Crippen molar-refractivity contribution in [3.05, 3.63) is 106 Å². The third-order valence-corrected chi connectivity index (χ3v) is 5.80. The zero-order valence-corrected chi connectivity index (χ0v) is 19.2. The highest BCUT2D eigenvalue weighted by molar-refractivity contribution is 6.33. The van der Waals surface area contributed by atoms with Gasteiger partial charge in [-0.05, 0) is 30.7 Å². The fraction of sp³-hybridized carbons (Fsp3) is 0.0370. The number of ketones is 1. The molecule has 2 heterocycles. The molecule has 0 unspecified atom stereocenters. The van der Waals surface area contributed by atoms with Crippen LogP contribution < -0.4 is 4.74 Å². The normalized spacial score (nSPS) is 10.9. The molecule has 0 bridgehead atoms. The lowest BCUT2D eigenvalue weighted by molar-refractivity contribution is 0.0695. The van der Waals surface area contributed by atoms with E-state index < -0.39 is 5.97 Å². The molecule has 0 amide bonds. The van der Waals surface area contributed by atoms with E-state index in [2.05, 4.69) is 15.0 Å². The monoisotopic (exact) mass is 483 g/mol. The van der Waals surface area contributed by atoms with Gasteiger partial charge in [0.2, 0.25) is 0 Å². The van der Waals surface area contributed by atoms with Crippen molar-refractivity contribution in [2.45, 2.75) is 6.92 Å². The summed E-state index contributed by atoms with van der Waals surface area (Å²) in [6.07, 6.45) is 0. The molecule has 172 valence electrons. The Kier molecular flexibility index (Phi) is 5.76. The molecular weight excluding hydrogens is 466 g/mol. The van der Waals surface area contributed by atoms with Crippen LogP contribution in [-0.2, 0) is 0 Å². The van der Waals surface area contributed by atoms with Crippen LogP contribution in [0.25, 0.3) is 22.4 Å². The maximum absolute atomic E-state index is 12.7. The number of nitrogens with one attached hydrogen (secondary N) is 1. The highest BCUT2D eigenvalue weighted by Crippen LogP contribution is 2.31. The molecule has 0 aliphatic carbocycles. The number of aromatic carboxylic acids is 1. The Morgan fingerprint density at radius 2 is 1.63 bits per heavy atom. The topological polar surface area (TPSA) is 105 Å². The number of pyridine rings is 1. The summed E-state index contributed by atoms with van der Waals surface area (Å²) < 4.78 is 5.73. The maximum atomic E-state index is 12.7. The van der Waals surface area contributed by atoms with E-state index >= 15 is 0 Å². The van der Waals surface area contributed by atoms with Crippen LogP contribution >= 0.6 is 11.6 Å². The lowest BCUT2D eigenvalue weighted by atomic mass is 10.0. The standard InChI is InChI=1S/C27H18ClN3O4/c1-15-7-12-19(13-20(15)26(33)34)35-27-29-22-14-21(28)23(30-25(22)31-27)16-8-10-18(11-9-16)24(32)17-5-3-2-4-6-17/h2-14H,1H3,(H,33,34)(H,29,30,31). The van der Waals surface area contributed by atoms with Crippen molar-refractivity contribution in [2.75, 3.05) is 0 Å². The summed E-state index contributed by atoms with van der Waals surface area (Å²) in [5, 5.41) is 9.72. The van der Waals surface area contributed by atoms with Gasteiger partial charge in [0.1, 0.15) is 5.75 Å². The molecule has 35 heavy (non-hydrogen) atoms. The minimum atomic E-state index is -1.04. The average molecular weight is 484 g/mol. The Balaban J connectivity index is 1.42. The van der Waals surface area contributed by atoms with Gasteiger partial charge >= 0.3 is 12.0 Å². The van der Waals surface area contributed by atoms with Crippen LogP contribution in [0.2, 0.25) is 5.02 Å². The smallest absolute Gasteiger partial charge is 0.336 e. The summed E-state index contributed by atoms with van der Waals surface area (Å²) in [6, 6.07) is 22.8. The molecule has 0 aliphatic heterocycles. The first-order chi connectivity index (χ1) is 16.9. The van der Waals surface area contributed by atoms with Crippen molar-refractivity contribution in [3.63, 3.8) is 0 Å². The summed E-state index contributed by atoms with van der Waals surface area (Å²) in [4.78, 5) is 36.0. The first-order valence-electron chi connectivity index (χ1n) is 10.7. The van der Waals surface area contributed by atoms with Gasteiger partial charge in [-0.2, -0.15) is 4.98 Å². The summed E-state index contributed by atoms with van der Waals surface area (Å²) in [7, 11) is 0. The molecular formula is C27H18ClN3O4. The summed E-state index contributed by atoms with van der Waals surface area (Å²) in [6.45, 7) is 1.71. The van der Waals surface area contributed by atoms with Crippen molar-refractivity contribution in [1.82, 2.24) is 15.0 Å². The Labute approximate surface area is 205 Å². The van der Waals surface area contributed by atoms with E-state index in [1.165, 1.54) is 6.07 Å². The molecule has 0 saturated carbocycles. The fourth-order valence-electron chi connectivity index (χ4n) is 3.69. The fourth-order valence-corrected chi connectivity index (χ4v) is 3.95. The summed E-state index contributed by atoms with van der Waals surface area (Å²) in [5.41, 5.74) is 4.15. The molecule has 0 aliphatic rings. The van der Waals surface area contributed by atoms with Gasteiger partial charge in [-0.3, -0.25) is 4.79 Å². The summed E-state index contributed by atoms with van der Waals surface area (Å²) in [5.74, 6) is -0.771. The minimum absolute atomic E-state index is 0.0667. The van der Waals surface area contributed by atoms with Gasteiger partial charge < -0.3 is 14.8 Å². The number of carbonyl (C=O) groups is 2. The van der Waals surface area contributed by atoms with Gasteiger partial charge in [0.25, 0.3) is 0 Å². The second-order valence-corrected chi connectivity index (χ2v) is 8.30. The Hall–Kier alpha value is -4.49. The second kappa shape index (κ2) is 9.04. The van der Waals surface area contributed by atoms with Crippen molar-refractivity contribution in [2.24, 2.45) is 0 Å². The molecule has 2 aromatic heterocycles. The lowest BCUT2D eigenvalue weighted by Gasteiger charge is -2.06. The van der Waals surface area contributed by atoms with Crippen LogP contribution in [0.3, 0.4) is 0 Å². The van der Waals surface area contributed by atoms with Crippen LogP contribution in [0.1, 0.15) is 31.8 Å². The number of hydrogen-bond acceptors (Lipinski definition) is 5. The van der Waals surface area contributed by atoms with E-state index in [1.54, 1.807) is 61.5 Å². The number of aromatic nitrogens is 3. The number of rotatable bonds is 6. The number of imidazole rings is 1. The van der Waals surface area contributed by atoms with Crippen LogP contribution in [0.15, 0.2) is 78.9 Å². The molecule has 0 radical (unpaired) electrons. The summed E-state index contributed by atoms with van der Waals surface area (Å²) >= 11 is 6.50. The van der Waals surface area contributed by atoms with E-state index in [9.17, 15) is 14.7 Å². The minimum Gasteiger partial charge on any atom is -0.478 e. The Morgan fingerprint density at radius 3 is 2.34 bits per heavy atom. The van der Waals surface area contributed by atoms with Crippen LogP contribution in [0, 0.1) is 6.92 Å². The first-order valence-corrected chi connectivity index (χ1v) is 11.0. The number of aromatic amines is 1. The van der Waals surface area contributed by atoms with Gasteiger partial charge in [-0.25, -0.2) is 9.78 Å². The molecule has 5 aromatic rings. The van der Waals surface area contributed by atoms with Gasteiger partial charge in [0, 0.05) is 16.7 Å². The molecule has 3 aromatic carbocycles. The molecule has 0 fully saturated rings. The molecule has 2 N–H and O–H groups in total. The predicted octanol–water partition coefficient (Wildman–Crippen LogP) is 6.31. The maximum Gasteiger partial charge on any atom is 0.336 e. The van der Waals surface area contributed by atoms with Crippen molar-refractivity contribution in [1.29, 1.82) is 0 Å². The molecule has 0 saturated heterocycles. The van der Waals surface area contributed by atoms with Crippen LogP contribution in [-0.4, -0.2) is 31.8 Å². The lowest BCUT2D eigenvalue weighted by Crippen LogP contribution is -2.00. The number of aryl methyl sites for hydroxylation is 1. The van der Waals surface area contributed by atoms with E-state index in [0.29, 0.717) is 44.3 Å². The molecule has 7 nitrogen and oxygen atoms in total. The first kappa shape index (κ1) is 22.3. The van der Waals surface area contributed by atoms with Gasteiger partial charge in [0.15, 0.2) is 11.4 Å². The van der Waals surface area contributed by atoms with E-state index in [0.717, 1.165) is 5.56 Å². The third-order valence-electron chi connectivity index (χ3n) is 5.52. The number of benzene rings is 3. The number of nitrogens with zero attached hydrogens (tertiary/aromatic N) is 2. The van der Waals surface area contributed by atoms with Crippen molar-refractivity contribution >= 4 is 34.5 Å². The van der Waals surface area contributed by atoms with Gasteiger partial charge in [-0.1, -0.05) is 72.3 Å². The number of ether oxygens (including phenoxy) is 1. The predicted molar refractivity (Wildman–Crippen MR) is 132 cm³/mol. The van der Waals surface area contributed by atoms with Gasteiger partial charge in [-0.15, -0.1) is 0 Å². The number of hydrogen-bond donors (Lipinski definition) is 2. The molecule has 0 spiro atoms. The van der Waals surface area contributed by atoms with E-state index in [1.807, 2.05) is 18.2 Å². The van der Waals surface area contributed by atoms with E-state index in [-0.39, 0.29) is 17.4 Å². The van der Waals surface area contributed by atoms with E-state index in [4.69, 9.17) is 16.3 Å². The largest absolute Gasteiger partial charge is 0.478 e. The number of fused-ring (bicyclic) bond motifs is 1. The number of H-pyrrole nitrogens is 1. The van der Waals surface area contributed by atoms with Crippen molar-refractivity contribution < 1.29 is 19.4 Å². The third kappa shape index (κ3) is 4.49. The van der Waals surface area contributed by atoms with Gasteiger partial charge in [0.05, 0.1) is 21.8 Å². The zero-order valence-electron chi connectivity index (χ0n) is 18.4. The number of carboxylic acid groups (broad SMARTS) is 1. The SMILES string of the molecule is Cc1ccc(Oc2nc3nc(-c4ccc(C(=O)c5ccccc5)cc4)c(Cl)cc3[nH]2)cc1C(=O)O. The van der Waals surface area contributed by atoms with Crippen LogP contribution in [0.4, 0.5) is 0 Å². The molecule has 0 atom stereocenters. The number of halogens is 1. The second-order valence-electron chi connectivity index (χ2n) is 7.89. The average Bonchev–Trinajstić information content (AvgIpc) is 3.25. The number of carboxylic acids is 1. The van der Waals surface area contributed by atoms with Crippen molar-refractivity contribution in [3.8, 4) is 23.0 Å². The highest BCUT2D eigenvalue weighted by Gasteiger charge is 2.15. The zero-order chi connectivity index (χ0) is 24.5. The number of carbonyl (C=O) groups excluding carboxylic acids is 1. The quantitative estimate of drug-likeness (QED) is 0.274. The Morgan fingerprint density at radius 1 is 0.914 bits per heavy atom.